The molecule has 4 heteroatoms. The average Bonchev–Trinajstić information content (AvgIpc) is 2.49. The summed E-state index contributed by atoms with van der Waals surface area (Å²) in [6.07, 6.45) is 2.37. The SMILES string of the molecule is Cc1cc(NC(=O)CN2CCC(C)CC2)c2ccccc2n1. The fraction of sp³-hybridized carbons (Fsp3) is 0.444. The second-order valence-corrected chi connectivity index (χ2v) is 6.34. The fourth-order valence-corrected chi connectivity index (χ4v) is 3.02. The second kappa shape index (κ2) is 6.44. The molecule has 3 rings (SSSR count). The molecule has 0 spiro atoms. The third-order valence-electron chi connectivity index (χ3n) is 4.36. The van der Waals surface area contributed by atoms with Crippen LogP contribution in [0, 0.1) is 12.8 Å². The van der Waals surface area contributed by atoms with Crippen LogP contribution in [0.15, 0.2) is 30.3 Å². The van der Waals surface area contributed by atoms with Crippen molar-refractivity contribution in [3.63, 3.8) is 0 Å². The molecule has 1 amide bonds. The van der Waals surface area contributed by atoms with E-state index < -0.39 is 0 Å². The Morgan fingerprint density at radius 2 is 2.05 bits per heavy atom. The van der Waals surface area contributed by atoms with Gasteiger partial charge in [0.15, 0.2) is 0 Å². The van der Waals surface area contributed by atoms with Crippen molar-refractivity contribution >= 4 is 22.5 Å². The van der Waals surface area contributed by atoms with Crippen LogP contribution < -0.4 is 5.32 Å². The lowest BCUT2D eigenvalue weighted by atomic mass is 9.99. The Balaban J connectivity index is 1.71. The van der Waals surface area contributed by atoms with Crippen molar-refractivity contribution in [1.82, 2.24) is 9.88 Å². The molecule has 1 aliphatic heterocycles. The molecule has 116 valence electrons. The number of aromatic nitrogens is 1. The monoisotopic (exact) mass is 297 g/mol. The van der Waals surface area contributed by atoms with Gasteiger partial charge in [-0.3, -0.25) is 14.7 Å². The minimum atomic E-state index is 0.0605. The molecule has 1 saturated heterocycles. The Morgan fingerprint density at radius 1 is 1.32 bits per heavy atom. The zero-order chi connectivity index (χ0) is 15.5. The molecule has 4 nitrogen and oxygen atoms in total. The molecular weight excluding hydrogens is 274 g/mol. The summed E-state index contributed by atoms with van der Waals surface area (Å²) in [6, 6.07) is 9.86. The van der Waals surface area contributed by atoms with Crippen molar-refractivity contribution < 1.29 is 4.79 Å². The minimum Gasteiger partial charge on any atom is -0.324 e. The maximum Gasteiger partial charge on any atom is 0.238 e. The van der Waals surface area contributed by atoms with Crippen molar-refractivity contribution in [3.8, 4) is 0 Å². The highest BCUT2D eigenvalue weighted by Gasteiger charge is 2.18. The van der Waals surface area contributed by atoms with Crippen LogP contribution in [-0.4, -0.2) is 35.4 Å². The summed E-state index contributed by atoms with van der Waals surface area (Å²) < 4.78 is 0. The number of likely N-dealkylation sites (tertiary alicyclic amines) is 1. The second-order valence-electron chi connectivity index (χ2n) is 6.34. The van der Waals surface area contributed by atoms with Crippen LogP contribution in [0.5, 0.6) is 0 Å². The summed E-state index contributed by atoms with van der Waals surface area (Å²) in [5.41, 5.74) is 2.70. The van der Waals surface area contributed by atoms with Gasteiger partial charge in [0.05, 0.1) is 17.7 Å². The third kappa shape index (κ3) is 3.45. The van der Waals surface area contributed by atoms with Gasteiger partial charge in [0, 0.05) is 11.1 Å². The zero-order valence-corrected chi connectivity index (χ0v) is 13.3. The first kappa shape index (κ1) is 15.0. The van der Waals surface area contributed by atoms with Crippen molar-refractivity contribution in [3.05, 3.63) is 36.0 Å². The van der Waals surface area contributed by atoms with E-state index in [-0.39, 0.29) is 5.91 Å². The van der Waals surface area contributed by atoms with Crippen LogP contribution in [0.2, 0.25) is 0 Å². The molecule has 1 aromatic heterocycles. The number of carbonyl (C=O) groups excluding carboxylic acids is 1. The first-order valence-corrected chi connectivity index (χ1v) is 8.00. The number of amides is 1. The van der Waals surface area contributed by atoms with E-state index in [1.54, 1.807) is 0 Å². The number of carbonyl (C=O) groups is 1. The van der Waals surface area contributed by atoms with Crippen LogP contribution in [0.4, 0.5) is 5.69 Å². The molecule has 1 fully saturated rings. The normalized spacial score (nSPS) is 16.8. The summed E-state index contributed by atoms with van der Waals surface area (Å²) >= 11 is 0. The Kier molecular flexibility index (Phi) is 4.39. The van der Waals surface area contributed by atoms with Crippen LogP contribution >= 0.6 is 0 Å². The van der Waals surface area contributed by atoms with Gasteiger partial charge >= 0.3 is 0 Å². The van der Waals surface area contributed by atoms with Crippen LogP contribution in [0.3, 0.4) is 0 Å². The lowest BCUT2D eigenvalue weighted by molar-refractivity contribution is -0.117. The van der Waals surface area contributed by atoms with E-state index in [1.165, 1.54) is 12.8 Å². The van der Waals surface area contributed by atoms with E-state index in [1.807, 2.05) is 37.3 Å². The number of nitrogens with one attached hydrogen (secondary N) is 1. The molecule has 0 saturated carbocycles. The van der Waals surface area contributed by atoms with Gasteiger partial charge in [-0.05, 0) is 50.9 Å². The Morgan fingerprint density at radius 3 is 2.82 bits per heavy atom. The molecule has 0 bridgehead atoms. The lowest BCUT2D eigenvalue weighted by Gasteiger charge is -2.29. The van der Waals surface area contributed by atoms with Gasteiger partial charge in [0.1, 0.15) is 0 Å². The van der Waals surface area contributed by atoms with Crippen molar-refractivity contribution in [2.45, 2.75) is 26.7 Å². The maximum atomic E-state index is 12.3. The van der Waals surface area contributed by atoms with Crippen LogP contribution in [-0.2, 0) is 4.79 Å². The Labute approximate surface area is 131 Å². The number of hydrogen-bond acceptors (Lipinski definition) is 3. The van der Waals surface area contributed by atoms with Gasteiger partial charge in [-0.2, -0.15) is 0 Å². The molecule has 1 N–H and O–H groups in total. The summed E-state index contributed by atoms with van der Waals surface area (Å²) in [6.45, 7) is 6.75. The number of aryl methyl sites for hydroxylation is 1. The van der Waals surface area contributed by atoms with E-state index >= 15 is 0 Å². The number of pyridine rings is 1. The van der Waals surface area contributed by atoms with E-state index in [0.717, 1.165) is 41.3 Å². The number of piperidine rings is 1. The van der Waals surface area contributed by atoms with Gasteiger partial charge in [-0.25, -0.2) is 0 Å². The highest BCUT2D eigenvalue weighted by molar-refractivity contribution is 6.01. The van der Waals surface area contributed by atoms with Gasteiger partial charge in [0.25, 0.3) is 0 Å². The minimum absolute atomic E-state index is 0.0605. The van der Waals surface area contributed by atoms with E-state index in [4.69, 9.17) is 0 Å². The molecule has 22 heavy (non-hydrogen) atoms. The van der Waals surface area contributed by atoms with Crippen LogP contribution in [0.1, 0.15) is 25.5 Å². The van der Waals surface area contributed by atoms with E-state index in [9.17, 15) is 4.79 Å². The van der Waals surface area contributed by atoms with Gasteiger partial charge in [-0.1, -0.05) is 25.1 Å². The van der Waals surface area contributed by atoms with Crippen LogP contribution in [0.25, 0.3) is 10.9 Å². The van der Waals surface area contributed by atoms with Crippen molar-refractivity contribution in [2.75, 3.05) is 25.0 Å². The summed E-state index contributed by atoms with van der Waals surface area (Å²) in [5.74, 6) is 0.844. The average molecular weight is 297 g/mol. The number of anilines is 1. The predicted octanol–water partition coefficient (Wildman–Crippen LogP) is 3.21. The highest BCUT2D eigenvalue weighted by atomic mass is 16.2. The first-order chi connectivity index (χ1) is 10.6. The largest absolute Gasteiger partial charge is 0.324 e. The molecule has 1 aromatic carbocycles. The Hall–Kier alpha value is -1.94. The molecule has 0 atom stereocenters. The molecule has 2 heterocycles. The number of nitrogens with zero attached hydrogens (tertiary/aromatic N) is 2. The fourth-order valence-electron chi connectivity index (χ4n) is 3.02. The summed E-state index contributed by atoms with van der Waals surface area (Å²) in [7, 11) is 0. The van der Waals surface area contributed by atoms with E-state index in [2.05, 4.69) is 22.1 Å². The molecular formula is C18H23N3O. The highest BCUT2D eigenvalue weighted by Crippen LogP contribution is 2.23. The lowest BCUT2D eigenvalue weighted by Crippen LogP contribution is -2.38. The molecule has 0 aliphatic carbocycles. The molecule has 2 aromatic rings. The first-order valence-electron chi connectivity index (χ1n) is 8.00. The summed E-state index contributed by atoms with van der Waals surface area (Å²) in [5, 5.41) is 4.06. The Bertz CT molecular complexity index is 675. The van der Waals surface area contributed by atoms with E-state index in [0.29, 0.717) is 6.54 Å². The molecule has 0 unspecified atom stereocenters. The number of fused-ring (bicyclic) bond motifs is 1. The van der Waals surface area contributed by atoms with Crippen molar-refractivity contribution in [2.24, 2.45) is 5.92 Å². The number of rotatable bonds is 3. The number of hydrogen-bond donors (Lipinski definition) is 1. The summed E-state index contributed by atoms with van der Waals surface area (Å²) in [4.78, 5) is 19.1. The smallest absolute Gasteiger partial charge is 0.238 e. The van der Waals surface area contributed by atoms with Gasteiger partial charge in [-0.15, -0.1) is 0 Å². The van der Waals surface area contributed by atoms with Crippen molar-refractivity contribution in [1.29, 1.82) is 0 Å². The third-order valence-corrected chi connectivity index (χ3v) is 4.36. The standard InChI is InChI=1S/C18H23N3O/c1-13-7-9-21(10-8-13)12-18(22)20-17-11-14(2)19-16-6-4-3-5-15(16)17/h3-6,11,13H,7-10,12H2,1-2H3,(H,19,20,22). The molecule has 0 radical (unpaired) electrons. The maximum absolute atomic E-state index is 12.3. The van der Waals surface area contributed by atoms with Gasteiger partial charge in [0.2, 0.25) is 5.91 Å². The quantitative estimate of drug-likeness (QED) is 0.946. The predicted molar refractivity (Wildman–Crippen MR) is 89.9 cm³/mol. The number of benzene rings is 1. The topological polar surface area (TPSA) is 45.2 Å². The number of para-hydroxylation sites is 1. The van der Waals surface area contributed by atoms with Gasteiger partial charge < -0.3 is 5.32 Å². The zero-order valence-electron chi connectivity index (χ0n) is 13.3. The molecule has 1 aliphatic rings.